The van der Waals surface area contributed by atoms with Crippen molar-refractivity contribution in [1.29, 1.82) is 0 Å². The highest BCUT2D eigenvalue weighted by Crippen LogP contribution is 2.26. The van der Waals surface area contributed by atoms with Crippen LogP contribution in [0.5, 0.6) is 0 Å². The van der Waals surface area contributed by atoms with E-state index < -0.39 is 28.5 Å². The predicted molar refractivity (Wildman–Crippen MR) is 180 cm³/mol. The van der Waals surface area contributed by atoms with Crippen molar-refractivity contribution >= 4 is 27.5 Å². The molecule has 1 atom stereocenters. The molecule has 0 aliphatic rings. The molecule has 4 aromatic rings. The normalized spacial score (nSPS) is 12.0. The smallest absolute Gasteiger partial charge is 0.264 e. The molecule has 0 saturated heterocycles. The first-order valence-electron chi connectivity index (χ1n) is 15.3. The number of amides is 2. The summed E-state index contributed by atoms with van der Waals surface area (Å²) in [6.07, 6.45) is 0.275. The molecule has 7 nitrogen and oxygen atoms in total. The SMILES string of the molecule is Cc1ccc(CN(C(=O)CN(c2ccc(C)cc2)S(=O)(=O)c2ccc(C)cc2)[C@@H](Cc2ccccc2)C(=O)NCC(C)C)cc1. The fourth-order valence-corrected chi connectivity index (χ4v) is 6.36. The summed E-state index contributed by atoms with van der Waals surface area (Å²) < 4.78 is 29.4. The molecule has 0 aromatic heterocycles. The second kappa shape index (κ2) is 15.0. The quantitative estimate of drug-likeness (QED) is 0.191. The molecule has 0 heterocycles. The Labute approximate surface area is 268 Å². The van der Waals surface area contributed by atoms with Gasteiger partial charge in [0, 0.05) is 19.5 Å². The number of hydrogen-bond acceptors (Lipinski definition) is 4. The van der Waals surface area contributed by atoms with E-state index in [1.54, 1.807) is 36.4 Å². The number of carbonyl (C=O) groups excluding carboxylic acids is 2. The molecule has 2 amide bonds. The molecule has 0 aliphatic carbocycles. The number of aryl methyl sites for hydroxylation is 3. The van der Waals surface area contributed by atoms with E-state index >= 15 is 0 Å². The van der Waals surface area contributed by atoms with Crippen LogP contribution in [0.4, 0.5) is 5.69 Å². The van der Waals surface area contributed by atoms with Crippen LogP contribution in [0.3, 0.4) is 0 Å². The minimum atomic E-state index is -4.13. The predicted octanol–water partition coefficient (Wildman–Crippen LogP) is 6.22. The summed E-state index contributed by atoms with van der Waals surface area (Å²) in [5, 5.41) is 3.02. The highest BCUT2D eigenvalue weighted by Gasteiger charge is 2.34. The standard InChI is InChI=1S/C37H43N3O4S/c1-27(2)24-38-37(42)35(23-31-9-7-6-8-10-31)39(25-32-17-11-28(3)12-18-32)36(41)26-40(33-19-13-29(4)14-20-33)45(43,44)34-21-15-30(5)16-22-34/h6-22,27,35H,23-26H2,1-5H3,(H,38,42)/t35-/m0/s1. The van der Waals surface area contributed by atoms with Crippen LogP contribution >= 0.6 is 0 Å². The molecule has 0 saturated carbocycles. The van der Waals surface area contributed by atoms with E-state index in [1.165, 1.54) is 4.90 Å². The zero-order chi connectivity index (χ0) is 32.6. The molecule has 45 heavy (non-hydrogen) atoms. The van der Waals surface area contributed by atoms with Crippen molar-refractivity contribution in [2.75, 3.05) is 17.4 Å². The Balaban J connectivity index is 1.79. The van der Waals surface area contributed by atoms with Crippen molar-refractivity contribution in [3.63, 3.8) is 0 Å². The third kappa shape index (κ3) is 9.05. The lowest BCUT2D eigenvalue weighted by molar-refractivity contribution is -0.140. The highest BCUT2D eigenvalue weighted by molar-refractivity contribution is 7.92. The van der Waals surface area contributed by atoms with E-state index in [-0.39, 0.29) is 29.7 Å². The maximum Gasteiger partial charge on any atom is 0.264 e. The van der Waals surface area contributed by atoms with Gasteiger partial charge in [0.15, 0.2) is 0 Å². The number of carbonyl (C=O) groups is 2. The zero-order valence-corrected chi connectivity index (χ0v) is 27.6. The van der Waals surface area contributed by atoms with Gasteiger partial charge in [0.05, 0.1) is 10.6 Å². The number of nitrogens with one attached hydrogen (secondary N) is 1. The van der Waals surface area contributed by atoms with Gasteiger partial charge in [0.2, 0.25) is 11.8 Å². The van der Waals surface area contributed by atoms with Gasteiger partial charge in [0.25, 0.3) is 10.0 Å². The monoisotopic (exact) mass is 625 g/mol. The first kappa shape index (κ1) is 33.5. The zero-order valence-electron chi connectivity index (χ0n) is 26.7. The molecular weight excluding hydrogens is 582 g/mol. The van der Waals surface area contributed by atoms with Gasteiger partial charge < -0.3 is 10.2 Å². The van der Waals surface area contributed by atoms with Gasteiger partial charge >= 0.3 is 0 Å². The largest absolute Gasteiger partial charge is 0.354 e. The topological polar surface area (TPSA) is 86.8 Å². The van der Waals surface area contributed by atoms with E-state index in [9.17, 15) is 18.0 Å². The third-order valence-electron chi connectivity index (χ3n) is 7.64. The molecule has 0 bridgehead atoms. The highest BCUT2D eigenvalue weighted by atomic mass is 32.2. The molecule has 0 aliphatic heterocycles. The Kier molecular flexibility index (Phi) is 11.2. The summed E-state index contributed by atoms with van der Waals surface area (Å²) in [6, 6.07) is 30.1. The third-order valence-corrected chi connectivity index (χ3v) is 9.43. The second-order valence-corrected chi connectivity index (χ2v) is 13.9. The van der Waals surface area contributed by atoms with Crippen molar-refractivity contribution < 1.29 is 18.0 Å². The van der Waals surface area contributed by atoms with E-state index in [1.807, 2.05) is 101 Å². The number of rotatable bonds is 13. The molecule has 0 fully saturated rings. The summed E-state index contributed by atoms with van der Waals surface area (Å²) in [5.74, 6) is -0.548. The van der Waals surface area contributed by atoms with Crippen LogP contribution in [0.2, 0.25) is 0 Å². The molecule has 4 aromatic carbocycles. The Morgan fingerprint density at radius 1 is 0.711 bits per heavy atom. The van der Waals surface area contributed by atoms with Gasteiger partial charge in [-0.2, -0.15) is 0 Å². The summed E-state index contributed by atoms with van der Waals surface area (Å²) in [7, 11) is -4.13. The van der Waals surface area contributed by atoms with E-state index in [2.05, 4.69) is 5.32 Å². The Hall–Kier alpha value is -4.43. The fraction of sp³-hybridized carbons (Fsp3) is 0.297. The Morgan fingerprint density at radius 3 is 1.80 bits per heavy atom. The van der Waals surface area contributed by atoms with Gasteiger partial charge in [0.1, 0.15) is 12.6 Å². The van der Waals surface area contributed by atoms with Crippen molar-refractivity contribution in [1.82, 2.24) is 10.2 Å². The Bertz CT molecular complexity index is 1670. The molecule has 0 spiro atoms. The first-order chi connectivity index (χ1) is 21.4. The van der Waals surface area contributed by atoms with Gasteiger partial charge in [-0.05, 0) is 62.1 Å². The van der Waals surface area contributed by atoms with Crippen LogP contribution in [0.25, 0.3) is 0 Å². The second-order valence-electron chi connectivity index (χ2n) is 12.0. The van der Waals surface area contributed by atoms with Crippen LogP contribution in [-0.2, 0) is 32.6 Å². The molecule has 236 valence electrons. The number of sulfonamides is 1. The summed E-state index contributed by atoms with van der Waals surface area (Å²) in [6.45, 7) is 9.92. The molecule has 0 unspecified atom stereocenters. The van der Waals surface area contributed by atoms with Crippen LogP contribution in [0.15, 0.2) is 108 Å². The minimum absolute atomic E-state index is 0.0853. The molecule has 1 N–H and O–H groups in total. The van der Waals surface area contributed by atoms with Crippen LogP contribution in [0, 0.1) is 26.7 Å². The van der Waals surface area contributed by atoms with Gasteiger partial charge in [-0.25, -0.2) is 8.42 Å². The van der Waals surface area contributed by atoms with Crippen molar-refractivity contribution in [3.8, 4) is 0 Å². The van der Waals surface area contributed by atoms with Crippen LogP contribution in [-0.4, -0.2) is 44.3 Å². The van der Waals surface area contributed by atoms with Crippen LogP contribution < -0.4 is 9.62 Å². The van der Waals surface area contributed by atoms with Gasteiger partial charge in [-0.3, -0.25) is 13.9 Å². The summed E-state index contributed by atoms with van der Waals surface area (Å²) >= 11 is 0. The fourth-order valence-electron chi connectivity index (χ4n) is 4.94. The Morgan fingerprint density at radius 2 is 1.24 bits per heavy atom. The molecular formula is C37H43N3O4S. The maximum atomic E-state index is 14.5. The number of nitrogens with zero attached hydrogens (tertiary/aromatic N) is 2. The molecule has 4 rings (SSSR count). The molecule has 0 radical (unpaired) electrons. The lowest BCUT2D eigenvalue weighted by Crippen LogP contribution is -2.53. The van der Waals surface area contributed by atoms with E-state index in [0.29, 0.717) is 12.2 Å². The van der Waals surface area contributed by atoms with Gasteiger partial charge in [-0.15, -0.1) is 0 Å². The van der Waals surface area contributed by atoms with E-state index in [4.69, 9.17) is 0 Å². The number of benzene rings is 4. The van der Waals surface area contributed by atoms with Crippen molar-refractivity contribution in [3.05, 3.63) is 131 Å². The average molecular weight is 626 g/mol. The van der Waals surface area contributed by atoms with Gasteiger partial charge in [-0.1, -0.05) is 109 Å². The number of hydrogen-bond donors (Lipinski definition) is 1. The minimum Gasteiger partial charge on any atom is -0.354 e. The summed E-state index contributed by atoms with van der Waals surface area (Å²) in [5.41, 5.74) is 5.06. The lowest BCUT2D eigenvalue weighted by atomic mass is 10.0. The lowest BCUT2D eigenvalue weighted by Gasteiger charge is -2.34. The number of anilines is 1. The first-order valence-corrected chi connectivity index (χ1v) is 16.7. The summed E-state index contributed by atoms with van der Waals surface area (Å²) in [4.78, 5) is 30.0. The van der Waals surface area contributed by atoms with Crippen LogP contribution in [0.1, 0.15) is 41.7 Å². The average Bonchev–Trinajstić information content (AvgIpc) is 3.02. The maximum absolute atomic E-state index is 14.5. The van der Waals surface area contributed by atoms with Crippen molar-refractivity contribution in [2.24, 2.45) is 5.92 Å². The van der Waals surface area contributed by atoms with E-state index in [0.717, 1.165) is 32.1 Å². The van der Waals surface area contributed by atoms with Crippen molar-refractivity contribution in [2.45, 2.75) is 58.5 Å². The molecule has 8 heteroatoms.